The molecule has 2 aliphatic rings. The maximum atomic E-state index is 14.0. The first-order chi connectivity index (χ1) is 18.2. The van der Waals surface area contributed by atoms with Gasteiger partial charge in [-0.25, -0.2) is 18.6 Å². The van der Waals surface area contributed by atoms with Crippen LogP contribution in [0.25, 0.3) is 0 Å². The zero-order chi connectivity index (χ0) is 27.2. The molecule has 2 heterocycles. The molecule has 0 aliphatic carbocycles. The Balaban J connectivity index is 0.000000617. The molecular weight excluding hydrogens is 510 g/mol. The van der Waals surface area contributed by atoms with Crippen LogP contribution in [0.15, 0.2) is 91.0 Å². The van der Waals surface area contributed by atoms with Gasteiger partial charge < -0.3 is 9.22 Å². The number of hydrogen-bond donors (Lipinski definition) is 0. The van der Waals surface area contributed by atoms with Crippen LogP contribution in [-0.4, -0.2) is 55.4 Å². The number of carbonyl (C=O) groups excluding carboxylic acids is 2. The highest BCUT2D eigenvalue weighted by atomic mass is 35.7. The Labute approximate surface area is 224 Å². The van der Waals surface area contributed by atoms with Crippen LogP contribution in [0.1, 0.15) is 32.2 Å². The Hall–Kier alpha value is -2.95. The SMILES string of the molecule is O=C(c1ccccc1)C1C[N+]2(CCOCC2)CC(C(=O)c2ccccc2)C1c1ccccc1.[O-][Cl+3]([O-])([O-])[O-]. The first kappa shape index (κ1) is 28.1. The fourth-order valence-electron chi connectivity index (χ4n) is 5.78. The lowest BCUT2D eigenvalue weighted by Gasteiger charge is -2.51. The molecule has 0 aromatic heterocycles. The summed E-state index contributed by atoms with van der Waals surface area (Å²) in [5, 5.41) is 0. The van der Waals surface area contributed by atoms with Crippen LogP contribution < -0.4 is 18.6 Å². The van der Waals surface area contributed by atoms with Crippen molar-refractivity contribution in [2.24, 2.45) is 11.8 Å². The zero-order valence-electron chi connectivity index (χ0n) is 20.8. The van der Waals surface area contributed by atoms with Gasteiger partial charge in [0, 0.05) is 17.0 Å². The van der Waals surface area contributed by atoms with Crippen molar-refractivity contribution in [1.82, 2.24) is 0 Å². The Morgan fingerprint density at radius 2 is 1.03 bits per heavy atom. The molecule has 1 spiro atoms. The minimum Gasteiger partial charge on any atom is -0.370 e. The summed E-state index contributed by atoms with van der Waals surface area (Å²) in [5.74, 6) is -0.408. The van der Waals surface area contributed by atoms with Crippen molar-refractivity contribution < 1.29 is 47.7 Å². The van der Waals surface area contributed by atoms with E-state index in [2.05, 4.69) is 12.1 Å². The summed E-state index contributed by atoms with van der Waals surface area (Å²) in [6.07, 6.45) is 0. The number of carbonyl (C=O) groups is 2. The molecule has 2 unspecified atom stereocenters. The molecule has 38 heavy (non-hydrogen) atoms. The molecule has 0 bridgehead atoms. The number of Topliss-reactive ketones (excluding diaryl/α,β-unsaturated/α-hetero) is 2. The van der Waals surface area contributed by atoms with Crippen molar-refractivity contribution in [3.63, 3.8) is 0 Å². The Morgan fingerprint density at radius 1 is 0.658 bits per heavy atom. The van der Waals surface area contributed by atoms with Crippen LogP contribution in [0.3, 0.4) is 0 Å². The average Bonchev–Trinajstić information content (AvgIpc) is 2.93. The highest BCUT2D eigenvalue weighted by Crippen LogP contribution is 2.43. The number of ketones is 2. The van der Waals surface area contributed by atoms with Gasteiger partial charge in [0.2, 0.25) is 0 Å². The molecule has 0 amide bonds. The van der Waals surface area contributed by atoms with Crippen LogP contribution in [-0.2, 0) is 4.74 Å². The van der Waals surface area contributed by atoms with Crippen molar-refractivity contribution in [3.05, 3.63) is 108 Å². The number of rotatable bonds is 5. The van der Waals surface area contributed by atoms with Crippen molar-refractivity contribution in [2.45, 2.75) is 5.92 Å². The molecule has 2 aliphatic heterocycles. The highest BCUT2D eigenvalue weighted by Gasteiger charge is 2.52. The van der Waals surface area contributed by atoms with E-state index in [0.717, 1.165) is 47.4 Å². The highest BCUT2D eigenvalue weighted by molar-refractivity contribution is 6.02. The maximum Gasteiger partial charge on any atom is 0.172 e. The first-order valence-corrected chi connectivity index (χ1v) is 13.7. The van der Waals surface area contributed by atoms with E-state index in [4.69, 9.17) is 23.4 Å². The van der Waals surface area contributed by atoms with Crippen LogP contribution in [0.4, 0.5) is 0 Å². The molecule has 0 saturated carbocycles. The van der Waals surface area contributed by atoms with E-state index in [1.165, 1.54) is 0 Å². The average molecular weight is 540 g/mol. The fraction of sp³-hybridized carbons (Fsp3) is 0.310. The summed E-state index contributed by atoms with van der Waals surface area (Å²) >= 11 is 0. The second kappa shape index (κ2) is 12.3. The maximum absolute atomic E-state index is 14.0. The van der Waals surface area contributed by atoms with Crippen LogP contribution in [0.2, 0.25) is 0 Å². The van der Waals surface area contributed by atoms with Crippen molar-refractivity contribution in [2.75, 3.05) is 39.4 Å². The summed E-state index contributed by atoms with van der Waals surface area (Å²) in [5.41, 5.74) is 2.53. The van der Waals surface area contributed by atoms with Crippen LogP contribution in [0.5, 0.6) is 0 Å². The summed E-state index contributed by atoms with van der Waals surface area (Å²) in [6, 6.07) is 29.3. The lowest BCUT2D eigenvalue weighted by atomic mass is 9.67. The summed E-state index contributed by atoms with van der Waals surface area (Å²) < 4.78 is 40.4. The van der Waals surface area contributed by atoms with Gasteiger partial charge in [-0.1, -0.05) is 91.0 Å². The normalized spacial score (nSPS) is 22.7. The number of quaternary nitrogens is 1. The predicted octanol–water partition coefficient (Wildman–Crippen LogP) is -0.127. The van der Waals surface area contributed by atoms with Crippen LogP contribution in [0, 0.1) is 22.1 Å². The van der Waals surface area contributed by atoms with Crippen molar-refractivity contribution >= 4 is 11.6 Å². The molecule has 9 heteroatoms. The van der Waals surface area contributed by atoms with E-state index in [1.807, 2.05) is 78.9 Å². The molecule has 2 saturated heterocycles. The van der Waals surface area contributed by atoms with Gasteiger partial charge in [0.05, 0.1) is 38.1 Å². The second-order valence-corrected chi connectivity index (χ2v) is 10.5. The van der Waals surface area contributed by atoms with E-state index in [9.17, 15) is 9.59 Å². The standard InChI is InChI=1S/C29H30NO3.ClHO4/c31-28(23-12-6-2-7-13-23)25-20-30(16-18-33-19-17-30)21-26(27(25)22-10-4-1-5-11-22)29(32)24-14-8-3-9-15-24;2-1(3,4)5/h1-15,25-27H,16-21H2;(H,2,3,4,5)/q+1;/p-1. The third-order valence-corrected chi connectivity index (χ3v) is 7.43. The molecule has 0 radical (unpaired) electrons. The number of halogens is 1. The summed E-state index contributed by atoms with van der Waals surface area (Å²) in [4.78, 5) is 27.9. The third kappa shape index (κ3) is 7.12. The number of morpholine rings is 1. The summed E-state index contributed by atoms with van der Waals surface area (Å²) in [7, 11) is -4.94. The molecular formula is C29H30ClNO7. The molecule has 0 N–H and O–H groups in total. The van der Waals surface area contributed by atoms with E-state index < -0.39 is 10.2 Å². The van der Waals surface area contributed by atoms with Gasteiger partial charge in [-0.05, 0) is 5.56 Å². The van der Waals surface area contributed by atoms with E-state index in [-0.39, 0.29) is 29.3 Å². The Morgan fingerprint density at radius 3 is 1.42 bits per heavy atom. The smallest absolute Gasteiger partial charge is 0.172 e. The molecule has 2 atom stereocenters. The van der Waals surface area contributed by atoms with E-state index >= 15 is 0 Å². The lowest BCUT2D eigenvalue weighted by molar-refractivity contribution is -2.00. The number of piperidine rings is 1. The number of ether oxygens (including phenoxy) is 1. The largest absolute Gasteiger partial charge is 0.370 e. The minimum absolute atomic E-state index is 0.138. The number of hydrogen-bond acceptors (Lipinski definition) is 7. The Bertz CT molecular complexity index is 1130. The van der Waals surface area contributed by atoms with Crippen molar-refractivity contribution in [3.8, 4) is 0 Å². The molecule has 3 aromatic carbocycles. The molecule has 200 valence electrons. The number of benzene rings is 3. The first-order valence-electron chi connectivity index (χ1n) is 12.4. The molecule has 8 nitrogen and oxygen atoms in total. The topological polar surface area (TPSA) is 136 Å². The van der Waals surface area contributed by atoms with Crippen LogP contribution >= 0.6 is 0 Å². The second-order valence-electron chi connectivity index (χ2n) is 9.75. The van der Waals surface area contributed by atoms with Gasteiger partial charge in [-0.3, -0.25) is 9.59 Å². The summed E-state index contributed by atoms with van der Waals surface area (Å²) in [6.45, 7) is 4.53. The van der Waals surface area contributed by atoms with E-state index in [0.29, 0.717) is 13.2 Å². The quantitative estimate of drug-likeness (QED) is 0.325. The molecule has 5 rings (SSSR count). The fourth-order valence-corrected chi connectivity index (χ4v) is 5.78. The predicted molar refractivity (Wildman–Crippen MR) is 128 cm³/mol. The molecule has 3 aromatic rings. The number of nitrogens with zero attached hydrogens (tertiary/aromatic N) is 1. The van der Waals surface area contributed by atoms with Gasteiger partial charge in [0.1, 0.15) is 13.1 Å². The van der Waals surface area contributed by atoms with Crippen molar-refractivity contribution in [1.29, 1.82) is 0 Å². The van der Waals surface area contributed by atoms with Gasteiger partial charge in [0.15, 0.2) is 11.6 Å². The molecule has 2 fully saturated rings. The Kier molecular flexibility index (Phi) is 9.07. The lowest BCUT2D eigenvalue weighted by Crippen LogP contribution is -2.68. The van der Waals surface area contributed by atoms with Gasteiger partial charge in [0.25, 0.3) is 0 Å². The zero-order valence-corrected chi connectivity index (χ0v) is 21.6. The van der Waals surface area contributed by atoms with Gasteiger partial charge >= 0.3 is 0 Å². The van der Waals surface area contributed by atoms with Gasteiger partial charge in [-0.15, -0.1) is 10.2 Å². The minimum atomic E-state index is -4.94. The monoisotopic (exact) mass is 539 g/mol. The van der Waals surface area contributed by atoms with E-state index in [1.54, 1.807) is 0 Å². The van der Waals surface area contributed by atoms with Gasteiger partial charge in [-0.2, -0.15) is 0 Å². The third-order valence-electron chi connectivity index (χ3n) is 7.43.